The SMILES string of the molecule is CCC(CC(O)CN)c1cccc(Cl)c1Cl. The van der Waals surface area contributed by atoms with E-state index in [1.54, 1.807) is 6.07 Å². The maximum Gasteiger partial charge on any atom is 0.0668 e. The van der Waals surface area contributed by atoms with Gasteiger partial charge < -0.3 is 10.8 Å². The van der Waals surface area contributed by atoms with Crippen molar-refractivity contribution >= 4 is 23.2 Å². The van der Waals surface area contributed by atoms with Gasteiger partial charge in [-0.1, -0.05) is 42.3 Å². The van der Waals surface area contributed by atoms with Gasteiger partial charge in [0, 0.05) is 6.54 Å². The average Bonchev–Trinajstić information content (AvgIpc) is 2.29. The molecule has 0 aliphatic heterocycles. The Morgan fingerprint density at radius 2 is 2.06 bits per heavy atom. The van der Waals surface area contributed by atoms with Crippen molar-refractivity contribution in [3.8, 4) is 0 Å². The van der Waals surface area contributed by atoms with Crippen LogP contribution < -0.4 is 5.73 Å². The summed E-state index contributed by atoms with van der Waals surface area (Å²) < 4.78 is 0. The first-order valence-electron chi connectivity index (χ1n) is 5.42. The minimum absolute atomic E-state index is 0.199. The molecule has 1 aromatic carbocycles. The fourth-order valence-corrected chi connectivity index (χ4v) is 2.24. The van der Waals surface area contributed by atoms with E-state index in [0.29, 0.717) is 16.5 Å². The summed E-state index contributed by atoms with van der Waals surface area (Å²) in [6, 6.07) is 5.59. The van der Waals surface area contributed by atoms with E-state index in [0.717, 1.165) is 12.0 Å². The molecule has 0 amide bonds. The van der Waals surface area contributed by atoms with Crippen molar-refractivity contribution in [3.63, 3.8) is 0 Å². The summed E-state index contributed by atoms with van der Waals surface area (Å²) in [5, 5.41) is 10.7. The van der Waals surface area contributed by atoms with Crippen LogP contribution in [0.5, 0.6) is 0 Å². The summed E-state index contributed by atoms with van der Waals surface area (Å²) in [5.74, 6) is 0.199. The summed E-state index contributed by atoms with van der Waals surface area (Å²) in [6.45, 7) is 2.33. The maximum absolute atomic E-state index is 9.58. The second-order valence-electron chi connectivity index (χ2n) is 3.87. The van der Waals surface area contributed by atoms with Crippen molar-refractivity contribution in [2.45, 2.75) is 31.8 Å². The van der Waals surface area contributed by atoms with Crippen molar-refractivity contribution in [2.24, 2.45) is 5.73 Å². The number of benzene rings is 1. The number of aliphatic hydroxyl groups excluding tert-OH is 1. The first kappa shape index (κ1) is 13.8. The van der Waals surface area contributed by atoms with Crippen LogP contribution in [0.2, 0.25) is 10.0 Å². The Balaban J connectivity index is 2.90. The number of rotatable bonds is 5. The van der Waals surface area contributed by atoms with Crippen molar-refractivity contribution in [1.82, 2.24) is 0 Å². The summed E-state index contributed by atoms with van der Waals surface area (Å²) in [6.07, 6.45) is 1.03. The largest absolute Gasteiger partial charge is 0.392 e. The average molecular weight is 262 g/mol. The van der Waals surface area contributed by atoms with E-state index < -0.39 is 6.10 Å². The van der Waals surface area contributed by atoms with Crippen LogP contribution in [0.4, 0.5) is 0 Å². The van der Waals surface area contributed by atoms with E-state index in [-0.39, 0.29) is 12.5 Å². The topological polar surface area (TPSA) is 46.2 Å². The number of hydrogen-bond acceptors (Lipinski definition) is 2. The fraction of sp³-hybridized carbons (Fsp3) is 0.500. The Morgan fingerprint density at radius 3 is 2.62 bits per heavy atom. The van der Waals surface area contributed by atoms with E-state index in [2.05, 4.69) is 6.92 Å². The highest BCUT2D eigenvalue weighted by atomic mass is 35.5. The molecule has 16 heavy (non-hydrogen) atoms. The molecule has 3 N–H and O–H groups in total. The lowest BCUT2D eigenvalue weighted by molar-refractivity contribution is 0.162. The van der Waals surface area contributed by atoms with E-state index >= 15 is 0 Å². The van der Waals surface area contributed by atoms with Gasteiger partial charge in [-0.15, -0.1) is 0 Å². The van der Waals surface area contributed by atoms with Crippen LogP contribution in [0.25, 0.3) is 0 Å². The Morgan fingerprint density at radius 1 is 1.38 bits per heavy atom. The summed E-state index contributed by atoms with van der Waals surface area (Å²) >= 11 is 12.1. The lowest BCUT2D eigenvalue weighted by Gasteiger charge is -2.20. The molecule has 4 heteroatoms. The third-order valence-corrected chi connectivity index (χ3v) is 3.58. The Bertz CT molecular complexity index is 344. The minimum atomic E-state index is -0.486. The fourth-order valence-electron chi connectivity index (χ4n) is 1.77. The van der Waals surface area contributed by atoms with Crippen molar-refractivity contribution in [1.29, 1.82) is 0 Å². The zero-order valence-electron chi connectivity index (χ0n) is 9.29. The van der Waals surface area contributed by atoms with Crippen LogP contribution in [0.1, 0.15) is 31.2 Å². The Labute approximate surface area is 106 Å². The van der Waals surface area contributed by atoms with E-state index in [9.17, 15) is 5.11 Å². The smallest absolute Gasteiger partial charge is 0.0668 e. The summed E-state index contributed by atoms with van der Waals surface area (Å²) in [5.41, 5.74) is 6.40. The van der Waals surface area contributed by atoms with Crippen LogP contribution in [-0.2, 0) is 0 Å². The zero-order valence-corrected chi connectivity index (χ0v) is 10.8. The highest BCUT2D eigenvalue weighted by Gasteiger charge is 2.17. The minimum Gasteiger partial charge on any atom is -0.392 e. The molecular weight excluding hydrogens is 245 g/mol. The van der Waals surface area contributed by atoms with Gasteiger partial charge in [0.25, 0.3) is 0 Å². The maximum atomic E-state index is 9.58. The Kier molecular flexibility index (Phi) is 5.56. The monoisotopic (exact) mass is 261 g/mol. The molecule has 2 atom stereocenters. The molecule has 0 heterocycles. The molecule has 0 spiro atoms. The molecule has 0 aliphatic rings. The molecule has 90 valence electrons. The molecule has 0 bridgehead atoms. The molecule has 0 fully saturated rings. The predicted molar refractivity (Wildman–Crippen MR) is 69.2 cm³/mol. The summed E-state index contributed by atoms with van der Waals surface area (Å²) in [7, 11) is 0. The van der Waals surface area contributed by atoms with Gasteiger partial charge in [-0.2, -0.15) is 0 Å². The predicted octanol–water partition coefficient (Wildman–Crippen LogP) is 3.20. The molecule has 1 rings (SSSR count). The second-order valence-corrected chi connectivity index (χ2v) is 4.66. The van der Waals surface area contributed by atoms with Gasteiger partial charge in [0.15, 0.2) is 0 Å². The van der Waals surface area contributed by atoms with Crippen LogP contribution in [-0.4, -0.2) is 17.8 Å². The quantitative estimate of drug-likeness (QED) is 0.855. The lowest BCUT2D eigenvalue weighted by Crippen LogP contribution is -2.22. The molecule has 0 radical (unpaired) electrons. The third-order valence-electron chi connectivity index (χ3n) is 2.74. The molecule has 0 aliphatic carbocycles. The zero-order chi connectivity index (χ0) is 12.1. The van der Waals surface area contributed by atoms with Gasteiger partial charge in [-0.25, -0.2) is 0 Å². The number of halogens is 2. The molecular formula is C12H17Cl2NO. The van der Waals surface area contributed by atoms with Crippen LogP contribution >= 0.6 is 23.2 Å². The van der Waals surface area contributed by atoms with Gasteiger partial charge in [-0.05, 0) is 30.4 Å². The highest BCUT2D eigenvalue weighted by Crippen LogP contribution is 2.34. The normalized spacial score (nSPS) is 14.8. The number of hydrogen-bond donors (Lipinski definition) is 2. The van der Waals surface area contributed by atoms with Crippen molar-refractivity contribution in [3.05, 3.63) is 33.8 Å². The van der Waals surface area contributed by atoms with Crippen LogP contribution in [0, 0.1) is 0 Å². The van der Waals surface area contributed by atoms with Gasteiger partial charge >= 0.3 is 0 Å². The number of nitrogens with two attached hydrogens (primary N) is 1. The van der Waals surface area contributed by atoms with Crippen molar-refractivity contribution < 1.29 is 5.11 Å². The van der Waals surface area contributed by atoms with E-state index in [4.69, 9.17) is 28.9 Å². The van der Waals surface area contributed by atoms with Gasteiger partial charge in [0.1, 0.15) is 0 Å². The van der Waals surface area contributed by atoms with Gasteiger partial charge in [-0.3, -0.25) is 0 Å². The standard InChI is InChI=1S/C12H17Cl2NO/c1-2-8(6-9(16)7-15)10-4-3-5-11(13)12(10)14/h3-5,8-9,16H,2,6-7,15H2,1H3. The molecule has 2 unspecified atom stereocenters. The van der Waals surface area contributed by atoms with E-state index in [1.807, 2.05) is 12.1 Å². The van der Waals surface area contributed by atoms with Gasteiger partial charge in [0.05, 0.1) is 16.1 Å². The highest BCUT2D eigenvalue weighted by molar-refractivity contribution is 6.42. The number of aliphatic hydroxyl groups is 1. The van der Waals surface area contributed by atoms with Crippen LogP contribution in [0.3, 0.4) is 0 Å². The van der Waals surface area contributed by atoms with Crippen molar-refractivity contribution in [2.75, 3.05) is 6.54 Å². The molecule has 0 saturated heterocycles. The van der Waals surface area contributed by atoms with Crippen LogP contribution in [0.15, 0.2) is 18.2 Å². The second kappa shape index (κ2) is 6.45. The third kappa shape index (κ3) is 3.36. The molecule has 0 saturated carbocycles. The Hall–Kier alpha value is -0.280. The lowest BCUT2D eigenvalue weighted by atomic mass is 9.91. The first-order chi connectivity index (χ1) is 7.60. The summed E-state index contributed by atoms with van der Waals surface area (Å²) in [4.78, 5) is 0. The first-order valence-corrected chi connectivity index (χ1v) is 6.17. The molecule has 2 nitrogen and oxygen atoms in total. The van der Waals surface area contributed by atoms with Gasteiger partial charge in [0.2, 0.25) is 0 Å². The van der Waals surface area contributed by atoms with E-state index in [1.165, 1.54) is 0 Å². The molecule has 0 aromatic heterocycles. The molecule has 1 aromatic rings.